The molecule has 0 unspecified atom stereocenters. The van der Waals surface area contributed by atoms with Gasteiger partial charge in [0.15, 0.2) is 0 Å². The van der Waals surface area contributed by atoms with Crippen molar-refractivity contribution in [2.75, 3.05) is 45.9 Å². The van der Waals surface area contributed by atoms with Crippen LogP contribution in [0.1, 0.15) is 16.2 Å². The fourth-order valence-electron chi connectivity index (χ4n) is 3.01. The summed E-state index contributed by atoms with van der Waals surface area (Å²) in [7, 11) is 0. The molecular formula is C15H24N2OS. The van der Waals surface area contributed by atoms with E-state index in [-0.39, 0.29) is 0 Å². The highest BCUT2D eigenvalue weighted by Gasteiger charge is 2.22. The largest absolute Gasteiger partial charge is 0.381 e. The average molecular weight is 280 g/mol. The maximum atomic E-state index is 5.47. The lowest BCUT2D eigenvalue weighted by molar-refractivity contribution is 0.107. The van der Waals surface area contributed by atoms with Crippen LogP contribution in [0.3, 0.4) is 0 Å². The van der Waals surface area contributed by atoms with E-state index in [4.69, 9.17) is 4.74 Å². The Kier molecular flexibility index (Phi) is 4.53. The van der Waals surface area contributed by atoms with Gasteiger partial charge in [-0.15, -0.1) is 11.3 Å². The molecule has 0 aliphatic carbocycles. The van der Waals surface area contributed by atoms with Crippen molar-refractivity contribution in [3.8, 4) is 0 Å². The van der Waals surface area contributed by atoms with Gasteiger partial charge >= 0.3 is 0 Å². The Labute approximate surface area is 120 Å². The van der Waals surface area contributed by atoms with E-state index < -0.39 is 0 Å². The maximum absolute atomic E-state index is 5.47. The minimum absolute atomic E-state index is 0.784. The molecule has 1 atom stereocenters. The summed E-state index contributed by atoms with van der Waals surface area (Å²) in [6.45, 7) is 11.4. The van der Waals surface area contributed by atoms with Crippen LogP contribution in [0, 0.1) is 12.8 Å². The van der Waals surface area contributed by atoms with Gasteiger partial charge in [0.25, 0.3) is 0 Å². The van der Waals surface area contributed by atoms with Crippen LogP contribution in [-0.2, 0) is 11.3 Å². The lowest BCUT2D eigenvalue weighted by Gasteiger charge is -2.35. The topological polar surface area (TPSA) is 15.7 Å². The fourth-order valence-corrected chi connectivity index (χ4v) is 3.95. The lowest BCUT2D eigenvalue weighted by atomic mass is 10.1. The highest BCUT2D eigenvalue weighted by atomic mass is 32.1. The molecule has 3 nitrogen and oxygen atoms in total. The first kappa shape index (κ1) is 13.6. The van der Waals surface area contributed by atoms with Crippen LogP contribution in [0.25, 0.3) is 0 Å². The molecule has 0 bridgehead atoms. The minimum atomic E-state index is 0.784. The van der Waals surface area contributed by atoms with Crippen LogP contribution in [0.4, 0.5) is 0 Å². The van der Waals surface area contributed by atoms with E-state index in [1.54, 1.807) is 0 Å². The highest BCUT2D eigenvalue weighted by molar-refractivity contribution is 7.11. The summed E-state index contributed by atoms with van der Waals surface area (Å²) in [5.74, 6) is 0.784. The molecule has 1 aromatic rings. The monoisotopic (exact) mass is 280 g/mol. The molecule has 2 saturated heterocycles. The summed E-state index contributed by atoms with van der Waals surface area (Å²) in [5.41, 5.74) is 0. The molecule has 0 N–H and O–H groups in total. The van der Waals surface area contributed by atoms with Gasteiger partial charge in [-0.05, 0) is 31.4 Å². The normalized spacial score (nSPS) is 26.1. The SMILES string of the molecule is Cc1ccc(CN2CCN(C[C@@H]3CCOC3)CC2)s1. The van der Waals surface area contributed by atoms with Crippen molar-refractivity contribution in [2.45, 2.75) is 19.9 Å². The zero-order chi connectivity index (χ0) is 13.1. The Hall–Kier alpha value is -0.420. The molecule has 19 heavy (non-hydrogen) atoms. The first-order valence-corrected chi connectivity index (χ1v) is 8.19. The first-order chi connectivity index (χ1) is 9.29. The zero-order valence-electron chi connectivity index (χ0n) is 11.8. The second-order valence-electron chi connectivity index (χ2n) is 5.82. The van der Waals surface area contributed by atoms with E-state index in [0.29, 0.717) is 0 Å². The molecule has 4 heteroatoms. The van der Waals surface area contributed by atoms with Gasteiger partial charge in [-0.25, -0.2) is 0 Å². The summed E-state index contributed by atoms with van der Waals surface area (Å²) in [6, 6.07) is 4.51. The third-order valence-corrected chi connectivity index (χ3v) is 5.17. The number of piperazine rings is 1. The Morgan fingerprint density at radius 2 is 2.00 bits per heavy atom. The molecule has 0 saturated carbocycles. The van der Waals surface area contributed by atoms with Gasteiger partial charge in [0, 0.05) is 55.6 Å². The number of hydrogen-bond acceptors (Lipinski definition) is 4. The van der Waals surface area contributed by atoms with Gasteiger partial charge in [-0.2, -0.15) is 0 Å². The summed E-state index contributed by atoms with van der Waals surface area (Å²) < 4.78 is 5.47. The van der Waals surface area contributed by atoms with Gasteiger partial charge in [0.1, 0.15) is 0 Å². The summed E-state index contributed by atoms with van der Waals surface area (Å²) >= 11 is 1.94. The molecule has 0 aromatic carbocycles. The molecular weight excluding hydrogens is 256 g/mol. The van der Waals surface area contributed by atoms with E-state index in [1.165, 1.54) is 48.9 Å². The molecule has 0 amide bonds. The number of thiophene rings is 1. The molecule has 3 heterocycles. The lowest BCUT2D eigenvalue weighted by Crippen LogP contribution is -2.47. The minimum Gasteiger partial charge on any atom is -0.381 e. The smallest absolute Gasteiger partial charge is 0.0507 e. The van der Waals surface area contributed by atoms with E-state index in [0.717, 1.165) is 25.7 Å². The second-order valence-corrected chi connectivity index (χ2v) is 7.19. The van der Waals surface area contributed by atoms with Gasteiger partial charge < -0.3 is 9.64 Å². The van der Waals surface area contributed by atoms with Gasteiger partial charge in [-0.3, -0.25) is 4.90 Å². The van der Waals surface area contributed by atoms with E-state index in [9.17, 15) is 0 Å². The second kappa shape index (κ2) is 6.35. The molecule has 106 valence electrons. The number of aryl methyl sites for hydroxylation is 1. The van der Waals surface area contributed by atoms with Crippen molar-refractivity contribution >= 4 is 11.3 Å². The van der Waals surface area contributed by atoms with Crippen LogP contribution in [0.2, 0.25) is 0 Å². The Bertz CT molecular complexity index is 393. The third kappa shape index (κ3) is 3.78. The number of nitrogens with zero attached hydrogens (tertiary/aromatic N) is 2. The first-order valence-electron chi connectivity index (χ1n) is 7.37. The fraction of sp³-hybridized carbons (Fsp3) is 0.733. The Balaban J connectivity index is 1.41. The molecule has 2 aliphatic heterocycles. The van der Waals surface area contributed by atoms with E-state index >= 15 is 0 Å². The number of rotatable bonds is 4. The van der Waals surface area contributed by atoms with E-state index in [1.807, 2.05) is 11.3 Å². The number of ether oxygens (including phenoxy) is 1. The maximum Gasteiger partial charge on any atom is 0.0507 e. The van der Waals surface area contributed by atoms with Gasteiger partial charge in [0.2, 0.25) is 0 Å². The van der Waals surface area contributed by atoms with Crippen LogP contribution in [-0.4, -0.2) is 55.7 Å². The van der Waals surface area contributed by atoms with Crippen molar-refractivity contribution in [1.29, 1.82) is 0 Å². The summed E-state index contributed by atoms with van der Waals surface area (Å²) in [4.78, 5) is 8.15. The zero-order valence-corrected chi connectivity index (χ0v) is 12.6. The van der Waals surface area contributed by atoms with Crippen LogP contribution < -0.4 is 0 Å². The van der Waals surface area contributed by atoms with Crippen molar-refractivity contribution in [3.63, 3.8) is 0 Å². The Morgan fingerprint density at radius 1 is 1.21 bits per heavy atom. The molecule has 2 fully saturated rings. The number of hydrogen-bond donors (Lipinski definition) is 0. The third-order valence-electron chi connectivity index (χ3n) is 4.18. The standard InChI is InChI=1S/C15H24N2OS/c1-13-2-3-15(19-13)11-17-7-5-16(6-8-17)10-14-4-9-18-12-14/h2-3,14H,4-12H2,1H3/t14-/m0/s1. The van der Waals surface area contributed by atoms with Gasteiger partial charge in [-0.1, -0.05) is 0 Å². The molecule has 3 rings (SSSR count). The predicted octanol–water partition coefficient (Wildman–Crippen LogP) is 2.21. The van der Waals surface area contributed by atoms with Crippen LogP contribution in [0.15, 0.2) is 12.1 Å². The predicted molar refractivity (Wildman–Crippen MR) is 79.7 cm³/mol. The molecule has 0 radical (unpaired) electrons. The van der Waals surface area contributed by atoms with Crippen molar-refractivity contribution in [3.05, 3.63) is 21.9 Å². The van der Waals surface area contributed by atoms with Crippen molar-refractivity contribution < 1.29 is 4.74 Å². The van der Waals surface area contributed by atoms with Crippen molar-refractivity contribution in [1.82, 2.24) is 9.80 Å². The molecule has 0 spiro atoms. The van der Waals surface area contributed by atoms with Gasteiger partial charge in [0.05, 0.1) is 6.61 Å². The molecule has 1 aromatic heterocycles. The average Bonchev–Trinajstić information content (AvgIpc) is 3.04. The quantitative estimate of drug-likeness (QED) is 0.841. The molecule has 2 aliphatic rings. The van der Waals surface area contributed by atoms with Crippen LogP contribution in [0.5, 0.6) is 0 Å². The highest BCUT2D eigenvalue weighted by Crippen LogP contribution is 2.19. The Morgan fingerprint density at radius 3 is 2.63 bits per heavy atom. The van der Waals surface area contributed by atoms with Crippen molar-refractivity contribution in [2.24, 2.45) is 5.92 Å². The van der Waals surface area contributed by atoms with E-state index in [2.05, 4.69) is 28.9 Å². The summed E-state index contributed by atoms with van der Waals surface area (Å²) in [5, 5.41) is 0. The van der Waals surface area contributed by atoms with Crippen LogP contribution >= 0.6 is 11.3 Å². The summed E-state index contributed by atoms with van der Waals surface area (Å²) in [6.07, 6.45) is 1.26.